The Morgan fingerprint density at radius 1 is 1.23 bits per heavy atom. The Morgan fingerprint density at radius 2 is 2.03 bits per heavy atom. The van der Waals surface area contributed by atoms with Crippen LogP contribution in [0.5, 0.6) is 0 Å². The minimum Gasteiger partial charge on any atom is -0.396 e. The van der Waals surface area contributed by atoms with E-state index in [0.29, 0.717) is 12.3 Å². The number of aliphatic hydroxyl groups excluding tert-OH is 3. The molecule has 30 heavy (non-hydrogen) atoms. The fourth-order valence-corrected chi connectivity index (χ4v) is 5.57. The minimum atomic E-state index is -0.509. The van der Waals surface area contributed by atoms with Gasteiger partial charge in [0.15, 0.2) is 0 Å². The van der Waals surface area contributed by atoms with Gasteiger partial charge < -0.3 is 20.1 Å². The van der Waals surface area contributed by atoms with Crippen LogP contribution in [-0.4, -0.2) is 47.3 Å². The number of methoxy groups -OCH3 is 1. The summed E-state index contributed by atoms with van der Waals surface area (Å²) in [4.78, 5) is 1.32. The Kier molecular flexibility index (Phi) is 11.9. The van der Waals surface area contributed by atoms with Gasteiger partial charge in [0.05, 0.1) is 22.1 Å². The Labute approximate surface area is 193 Å². The molecule has 1 aliphatic rings. The molecule has 170 valence electrons. The van der Waals surface area contributed by atoms with Gasteiger partial charge in [0.1, 0.15) is 0 Å². The van der Waals surface area contributed by atoms with Crippen molar-refractivity contribution < 1.29 is 20.1 Å². The molecule has 1 heterocycles. The van der Waals surface area contributed by atoms with E-state index in [1.54, 1.807) is 18.4 Å². The molecule has 0 bridgehead atoms. The van der Waals surface area contributed by atoms with Crippen LogP contribution in [0.4, 0.5) is 0 Å². The predicted octanol–water partition coefficient (Wildman–Crippen LogP) is 5.12. The molecule has 1 aliphatic carbocycles. The number of rotatable bonds is 13. The summed E-state index contributed by atoms with van der Waals surface area (Å²) in [5, 5.41) is 30.0. The normalized spacial score (nSPS) is 26.7. The molecular formula is C24H37BrO4S. The Hall–Kier alpha value is -0.500. The molecular weight excluding hydrogens is 464 g/mol. The maximum absolute atomic E-state index is 10.5. The standard InChI is InChI=1S/C24H37BrO4S/c1-17(16-26)7-5-3-4-6-8-20-21(23(28)15-22(20)27)13-10-18(29-2)9-11-19-12-14-24(25)30-19/h4,6,10,12-14,17-18,20-23,26-28H,3,5,7-9,11,15-16H2,1-2H3/b6-4-,13-10+/t17-,18+,20-,21-,22+,23-/m1/s1. The topological polar surface area (TPSA) is 69.9 Å². The molecule has 0 aromatic carbocycles. The second-order valence-electron chi connectivity index (χ2n) is 8.44. The first kappa shape index (κ1) is 25.8. The second-order valence-corrected chi connectivity index (χ2v) is 11.0. The molecule has 1 fully saturated rings. The van der Waals surface area contributed by atoms with Crippen LogP contribution >= 0.6 is 27.3 Å². The lowest BCUT2D eigenvalue weighted by Gasteiger charge is -2.20. The van der Waals surface area contributed by atoms with Crippen LogP contribution in [0, 0.1) is 17.8 Å². The highest BCUT2D eigenvalue weighted by Gasteiger charge is 2.39. The first-order valence-electron chi connectivity index (χ1n) is 11.0. The summed E-state index contributed by atoms with van der Waals surface area (Å²) >= 11 is 5.25. The molecule has 0 spiro atoms. The number of allylic oxidation sites excluding steroid dienone is 2. The maximum atomic E-state index is 10.5. The fourth-order valence-electron chi connectivity index (χ4n) is 4.07. The second kappa shape index (κ2) is 13.8. The van der Waals surface area contributed by atoms with E-state index >= 15 is 0 Å². The van der Waals surface area contributed by atoms with Crippen LogP contribution in [0.1, 0.15) is 50.3 Å². The number of unbranched alkanes of at least 4 members (excludes halogenated alkanes) is 1. The maximum Gasteiger partial charge on any atom is 0.0755 e. The number of hydrogen-bond donors (Lipinski definition) is 3. The quantitative estimate of drug-likeness (QED) is 0.259. The van der Waals surface area contributed by atoms with Crippen molar-refractivity contribution in [3.05, 3.63) is 45.1 Å². The lowest BCUT2D eigenvalue weighted by Crippen LogP contribution is -2.20. The Morgan fingerprint density at radius 3 is 2.70 bits per heavy atom. The molecule has 0 aliphatic heterocycles. The van der Waals surface area contributed by atoms with E-state index in [4.69, 9.17) is 9.84 Å². The zero-order chi connectivity index (χ0) is 21.9. The van der Waals surface area contributed by atoms with Gasteiger partial charge in [0.2, 0.25) is 0 Å². The Balaban J connectivity index is 1.84. The van der Waals surface area contributed by atoms with Crippen molar-refractivity contribution in [3.63, 3.8) is 0 Å². The van der Waals surface area contributed by atoms with Gasteiger partial charge in [-0.15, -0.1) is 11.3 Å². The van der Waals surface area contributed by atoms with E-state index in [1.807, 2.05) is 0 Å². The average Bonchev–Trinajstić information content (AvgIpc) is 3.26. The van der Waals surface area contributed by atoms with E-state index in [9.17, 15) is 10.2 Å². The molecule has 3 N–H and O–H groups in total. The van der Waals surface area contributed by atoms with Crippen molar-refractivity contribution in [1.82, 2.24) is 0 Å². The SMILES string of the molecule is CO[C@H](/C=C/[C@@H]1[C@@H](C/C=C\CCC[C@@H](C)CO)[C@@H](O)C[C@H]1O)CCc1ccc(Br)s1. The molecule has 0 radical (unpaired) electrons. The van der Waals surface area contributed by atoms with Gasteiger partial charge >= 0.3 is 0 Å². The number of halogens is 1. The van der Waals surface area contributed by atoms with Gasteiger partial charge in [0.25, 0.3) is 0 Å². The van der Waals surface area contributed by atoms with E-state index in [0.717, 1.165) is 42.3 Å². The first-order valence-corrected chi connectivity index (χ1v) is 12.6. The van der Waals surface area contributed by atoms with Crippen molar-refractivity contribution in [3.8, 4) is 0 Å². The van der Waals surface area contributed by atoms with Gasteiger partial charge in [-0.25, -0.2) is 0 Å². The molecule has 6 atom stereocenters. The molecule has 6 heteroatoms. The van der Waals surface area contributed by atoms with Crippen LogP contribution in [0.25, 0.3) is 0 Å². The molecule has 4 nitrogen and oxygen atoms in total. The fraction of sp³-hybridized carbons (Fsp3) is 0.667. The number of ether oxygens (including phenoxy) is 1. The van der Waals surface area contributed by atoms with E-state index in [1.165, 1.54) is 4.88 Å². The van der Waals surface area contributed by atoms with Gasteiger partial charge in [-0.05, 0) is 78.4 Å². The molecule has 1 saturated carbocycles. The summed E-state index contributed by atoms with van der Waals surface area (Å²) in [7, 11) is 1.72. The van der Waals surface area contributed by atoms with Crippen molar-refractivity contribution in [2.24, 2.45) is 17.8 Å². The number of aliphatic hydroxyl groups is 3. The highest BCUT2D eigenvalue weighted by atomic mass is 79.9. The van der Waals surface area contributed by atoms with Gasteiger partial charge in [-0.3, -0.25) is 0 Å². The molecule has 1 aromatic rings. The minimum absolute atomic E-state index is 0.000486. The van der Waals surface area contributed by atoms with Crippen LogP contribution in [0.2, 0.25) is 0 Å². The van der Waals surface area contributed by atoms with E-state index in [-0.39, 0.29) is 24.5 Å². The summed E-state index contributed by atoms with van der Waals surface area (Å²) in [5.74, 6) is 0.344. The highest BCUT2D eigenvalue weighted by molar-refractivity contribution is 9.11. The monoisotopic (exact) mass is 500 g/mol. The molecule has 0 saturated heterocycles. The van der Waals surface area contributed by atoms with Gasteiger partial charge in [-0.1, -0.05) is 31.2 Å². The Bertz CT molecular complexity index is 659. The molecule has 1 aromatic heterocycles. The molecule has 2 rings (SSSR count). The predicted molar refractivity (Wildman–Crippen MR) is 128 cm³/mol. The van der Waals surface area contributed by atoms with Gasteiger partial charge in [-0.2, -0.15) is 0 Å². The summed E-state index contributed by atoms with van der Waals surface area (Å²) in [6.45, 7) is 2.31. The zero-order valence-corrected chi connectivity index (χ0v) is 20.5. The van der Waals surface area contributed by atoms with Crippen molar-refractivity contribution in [1.29, 1.82) is 0 Å². The summed E-state index contributed by atoms with van der Waals surface area (Å²) in [5.41, 5.74) is 0. The van der Waals surface area contributed by atoms with Crippen LogP contribution in [-0.2, 0) is 11.2 Å². The van der Waals surface area contributed by atoms with Crippen molar-refractivity contribution in [2.45, 2.75) is 70.2 Å². The smallest absolute Gasteiger partial charge is 0.0755 e. The van der Waals surface area contributed by atoms with Crippen LogP contribution < -0.4 is 0 Å². The van der Waals surface area contributed by atoms with Crippen LogP contribution in [0.3, 0.4) is 0 Å². The van der Waals surface area contributed by atoms with E-state index in [2.05, 4.69) is 59.3 Å². The third-order valence-corrected chi connectivity index (χ3v) is 7.71. The lowest BCUT2D eigenvalue weighted by molar-refractivity contribution is 0.120. The first-order chi connectivity index (χ1) is 14.4. The summed E-state index contributed by atoms with van der Waals surface area (Å²) in [6.07, 6.45) is 13.6. The van der Waals surface area contributed by atoms with Crippen LogP contribution in [0.15, 0.2) is 40.2 Å². The third-order valence-electron chi connectivity index (χ3n) is 6.03. The largest absolute Gasteiger partial charge is 0.396 e. The number of hydrogen-bond acceptors (Lipinski definition) is 5. The average molecular weight is 502 g/mol. The highest BCUT2D eigenvalue weighted by Crippen LogP contribution is 2.36. The summed E-state index contributed by atoms with van der Waals surface area (Å²) in [6, 6.07) is 4.20. The molecule has 0 amide bonds. The third kappa shape index (κ3) is 8.56. The van der Waals surface area contributed by atoms with Crippen molar-refractivity contribution in [2.75, 3.05) is 13.7 Å². The van der Waals surface area contributed by atoms with E-state index < -0.39 is 12.2 Å². The number of aryl methyl sites for hydroxylation is 1. The van der Waals surface area contributed by atoms with Gasteiger partial charge in [0, 0.05) is 30.9 Å². The number of thiophene rings is 1. The summed E-state index contributed by atoms with van der Waals surface area (Å²) < 4.78 is 6.76. The van der Waals surface area contributed by atoms with Crippen molar-refractivity contribution >= 4 is 27.3 Å². The lowest BCUT2D eigenvalue weighted by atomic mass is 9.89. The molecule has 0 unspecified atom stereocenters. The zero-order valence-electron chi connectivity index (χ0n) is 18.1.